The van der Waals surface area contributed by atoms with Gasteiger partial charge in [0, 0.05) is 41.8 Å². The van der Waals surface area contributed by atoms with Gasteiger partial charge in [0.1, 0.15) is 5.69 Å². The minimum absolute atomic E-state index is 0.247. The molecule has 1 amide bonds. The van der Waals surface area contributed by atoms with Crippen molar-refractivity contribution in [2.45, 2.75) is 28.0 Å². The van der Waals surface area contributed by atoms with Crippen LogP contribution in [-0.2, 0) is 22.0 Å². The molecule has 1 fully saturated rings. The fraction of sp³-hybridized carbons (Fsp3) is 0.250. The Morgan fingerprint density at radius 3 is 2.56 bits per heavy atom. The van der Waals surface area contributed by atoms with Crippen LogP contribution in [0.1, 0.15) is 40.0 Å². The van der Waals surface area contributed by atoms with Gasteiger partial charge in [-0.1, -0.05) is 23.9 Å². The van der Waals surface area contributed by atoms with Crippen LogP contribution < -0.4 is 5.73 Å². The molecule has 2 N–H and O–H groups in total. The molecule has 32 heavy (non-hydrogen) atoms. The number of ether oxygens (including phenoxy) is 1. The first-order chi connectivity index (χ1) is 15.4. The van der Waals surface area contributed by atoms with Gasteiger partial charge in [-0.15, -0.1) is 0 Å². The first-order valence-corrected chi connectivity index (χ1v) is 11.0. The number of aromatic nitrogens is 2. The second kappa shape index (κ2) is 8.99. The first kappa shape index (κ1) is 21.8. The van der Waals surface area contributed by atoms with E-state index in [1.807, 2.05) is 30.3 Å². The summed E-state index contributed by atoms with van der Waals surface area (Å²) in [6.07, 6.45) is 2.66. The zero-order valence-corrected chi connectivity index (χ0v) is 18.4. The molecule has 7 nitrogen and oxygen atoms in total. The summed E-state index contributed by atoms with van der Waals surface area (Å²) in [5, 5.41) is 13.7. The maximum atomic E-state index is 12.8. The predicted molar refractivity (Wildman–Crippen MR) is 119 cm³/mol. The summed E-state index contributed by atoms with van der Waals surface area (Å²) in [5.74, 6) is -0.587. The third-order valence-electron chi connectivity index (χ3n) is 5.85. The zero-order valence-electron chi connectivity index (χ0n) is 17.6. The van der Waals surface area contributed by atoms with Crippen LogP contribution in [0.3, 0.4) is 0 Å². The number of nitrogens with two attached hydrogens (primary N) is 1. The molecule has 0 unspecified atom stereocenters. The van der Waals surface area contributed by atoms with E-state index in [9.17, 15) is 14.9 Å². The van der Waals surface area contributed by atoms with Crippen LogP contribution in [0, 0.1) is 11.3 Å². The molecule has 1 aromatic heterocycles. The van der Waals surface area contributed by atoms with Crippen molar-refractivity contribution >= 4 is 23.5 Å². The van der Waals surface area contributed by atoms with Gasteiger partial charge < -0.3 is 10.5 Å². The first-order valence-electron chi connectivity index (χ1n) is 10.2. The van der Waals surface area contributed by atoms with E-state index in [2.05, 4.69) is 11.2 Å². The van der Waals surface area contributed by atoms with E-state index in [1.165, 1.54) is 16.4 Å². The van der Waals surface area contributed by atoms with Gasteiger partial charge in [-0.2, -0.15) is 10.4 Å². The minimum atomic E-state index is -0.730. The van der Waals surface area contributed by atoms with Crippen molar-refractivity contribution in [1.82, 2.24) is 9.78 Å². The molecule has 1 aliphatic heterocycles. The molecule has 2 aromatic carbocycles. The Labute approximate surface area is 190 Å². The lowest BCUT2D eigenvalue weighted by atomic mass is 9.73. The summed E-state index contributed by atoms with van der Waals surface area (Å²) >= 11 is 1.46. The average molecular weight is 447 g/mol. The number of hydrogen-bond acceptors (Lipinski definition) is 6. The molecule has 0 atom stereocenters. The van der Waals surface area contributed by atoms with Crippen molar-refractivity contribution in [3.8, 4) is 6.07 Å². The third kappa shape index (κ3) is 4.05. The maximum absolute atomic E-state index is 12.8. The minimum Gasteiger partial charge on any atom is -0.381 e. The lowest BCUT2D eigenvalue weighted by Gasteiger charge is -2.34. The van der Waals surface area contributed by atoms with Gasteiger partial charge in [0.05, 0.1) is 17.0 Å². The van der Waals surface area contributed by atoms with E-state index in [-0.39, 0.29) is 11.7 Å². The normalized spacial score (nSPS) is 15.1. The average Bonchev–Trinajstić information content (AvgIpc) is 3.25. The number of aryl methyl sites for hydroxylation is 1. The van der Waals surface area contributed by atoms with Crippen LogP contribution in [0.25, 0.3) is 0 Å². The van der Waals surface area contributed by atoms with Gasteiger partial charge in [-0.3, -0.25) is 14.3 Å². The fourth-order valence-electron chi connectivity index (χ4n) is 4.00. The number of carbonyl (C=O) groups excluding carboxylic acids is 2. The highest BCUT2D eigenvalue weighted by molar-refractivity contribution is 7.99. The molecule has 2 heterocycles. The molecule has 0 bridgehead atoms. The van der Waals surface area contributed by atoms with Crippen molar-refractivity contribution < 1.29 is 14.3 Å². The number of amides is 1. The van der Waals surface area contributed by atoms with Crippen LogP contribution in [-0.4, -0.2) is 34.7 Å². The Hall–Kier alpha value is -3.41. The van der Waals surface area contributed by atoms with Crippen LogP contribution in [0.5, 0.6) is 0 Å². The highest BCUT2D eigenvalue weighted by Gasteiger charge is 2.40. The predicted octanol–water partition coefficient (Wildman–Crippen LogP) is 3.21. The van der Waals surface area contributed by atoms with E-state index >= 15 is 0 Å². The highest BCUT2D eigenvalue weighted by Crippen LogP contribution is 2.38. The number of nitrogens with zero attached hydrogens (tertiary/aromatic N) is 3. The second-order valence-electron chi connectivity index (χ2n) is 7.68. The van der Waals surface area contributed by atoms with Gasteiger partial charge in [0.15, 0.2) is 0 Å². The number of benzene rings is 2. The van der Waals surface area contributed by atoms with Crippen LogP contribution in [0.4, 0.5) is 0 Å². The number of rotatable bonds is 6. The van der Waals surface area contributed by atoms with Gasteiger partial charge in [0.25, 0.3) is 0 Å². The van der Waals surface area contributed by atoms with Crippen LogP contribution in [0.15, 0.2) is 64.5 Å². The molecule has 0 spiro atoms. The summed E-state index contributed by atoms with van der Waals surface area (Å²) in [6.45, 7) is 0.996. The van der Waals surface area contributed by atoms with E-state index < -0.39 is 5.41 Å². The SMILES string of the molecule is Cn1nccc1C(=O)c1ccc(Sc2cccc(C3(C(N)=O)CCOCC3)c2)cc1C#N. The summed E-state index contributed by atoms with van der Waals surface area (Å²) in [4.78, 5) is 26.9. The number of hydrogen-bond donors (Lipinski definition) is 1. The van der Waals surface area contributed by atoms with E-state index in [1.54, 1.807) is 31.4 Å². The Balaban J connectivity index is 1.62. The summed E-state index contributed by atoms with van der Waals surface area (Å²) in [6, 6.07) is 16.7. The van der Waals surface area contributed by atoms with Crippen LogP contribution in [0.2, 0.25) is 0 Å². The summed E-state index contributed by atoms with van der Waals surface area (Å²) in [7, 11) is 1.69. The molecule has 162 valence electrons. The molecule has 4 rings (SSSR count). The molecule has 0 aliphatic carbocycles. The summed E-state index contributed by atoms with van der Waals surface area (Å²) < 4.78 is 6.92. The number of nitriles is 1. The monoisotopic (exact) mass is 446 g/mol. The Morgan fingerprint density at radius 1 is 1.16 bits per heavy atom. The largest absolute Gasteiger partial charge is 0.381 e. The lowest BCUT2D eigenvalue weighted by Crippen LogP contribution is -2.45. The molecule has 1 saturated heterocycles. The molecule has 8 heteroatoms. The van der Waals surface area contributed by atoms with Crippen molar-refractivity contribution in [3.63, 3.8) is 0 Å². The second-order valence-corrected chi connectivity index (χ2v) is 8.82. The number of carbonyl (C=O) groups is 2. The van der Waals surface area contributed by atoms with Crippen molar-refractivity contribution in [2.75, 3.05) is 13.2 Å². The quantitative estimate of drug-likeness (QED) is 0.582. The number of primary amides is 1. The Morgan fingerprint density at radius 2 is 1.91 bits per heavy atom. The van der Waals surface area contributed by atoms with Gasteiger partial charge in [0.2, 0.25) is 11.7 Å². The number of ketones is 1. The van der Waals surface area contributed by atoms with Crippen molar-refractivity contribution in [1.29, 1.82) is 5.26 Å². The van der Waals surface area contributed by atoms with E-state index in [0.29, 0.717) is 42.9 Å². The topological polar surface area (TPSA) is 111 Å². The maximum Gasteiger partial charge on any atom is 0.228 e. The fourth-order valence-corrected chi connectivity index (χ4v) is 4.92. The molecule has 0 saturated carbocycles. The van der Waals surface area contributed by atoms with Crippen LogP contribution >= 0.6 is 11.8 Å². The smallest absolute Gasteiger partial charge is 0.228 e. The molecular weight excluding hydrogens is 424 g/mol. The van der Waals surface area contributed by atoms with Gasteiger partial charge in [-0.25, -0.2) is 0 Å². The molecule has 0 radical (unpaired) electrons. The lowest BCUT2D eigenvalue weighted by molar-refractivity contribution is -0.127. The molecule has 3 aromatic rings. The zero-order chi connectivity index (χ0) is 22.7. The van der Waals surface area contributed by atoms with Crippen molar-refractivity contribution in [2.24, 2.45) is 12.8 Å². The Kier molecular flexibility index (Phi) is 6.12. The van der Waals surface area contributed by atoms with E-state index in [0.717, 1.165) is 15.4 Å². The van der Waals surface area contributed by atoms with Gasteiger partial charge >= 0.3 is 0 Å². The van der Waals surface area contributed by atoms with Crippen molar-refractivity contribution in [3.05, 3.63) is 77.1 Å². The third-order valence-corrected chi connectivity index (χ3v) is 6.83. The Bertz CT molecular complexity index is 1220. The summed E-state index contributed by atoms with van der Waals surface area (Å²) in [5.41, 5.74) is 7.00. The van der Waals surface area contributed by atoms with Gasteiger partial charge in [-0.05, 0) is 54.8 Å². The molecule has 1 aliphatic rings. The standard InChI is InChI=1S/C24H22N4O3S/c1-28-21(7-10-27-28)22(29)20-6-5-19(13-16(20)15-25)32-18-4-2-3-17(14-18)24(23(26)30)8-11-31-12-9-24/h2-7,10,13-14H,8-9,11-12H2,1H3,(H2,26,30). The molecular formula is C24H22N4O3S. The van der Waals surface area contributed by atoms with E-state index in [4.69, 9.17) is 10.5 Å². The highest BCUT2D eigenvalue weighted by atomic mass is 32.2.